The first kappa shape index (κ1) is 23.0. The summed E-state index contributed by atoms with van der Waals surface area (Å²) >= 11 is 0. The molecule has 2 amide bonds. The lowest BCUT2D eigenvalue weighted by atomic mass is 9.43. The van der Waals surface area contributed by atoms with Crippen molar-refractivity contribution < 1.29 is 23.6 Å². The monoisotopic (exact) mass is 435 g/mol. The molecule has 0 aromatic heterocycles. The summed E-state index contributed by atoms with van der Waals surface area (Å²) in [6.07, 6.45) is 3.89. The molecule has 6 atom stereocenters. The van der Waals surface area contributed by atoms with Gasteiger partial charge >= 0.3 is 7.12 Å². The van der Waals surface area contributed by atoms with Crippen LogP contribution in [-0.4, -0.2) is 73.8 Å². The molecule has 174 valence electrons. The second-order valence-corrected chi connectivity index (χ2v) is 10.5. The molecule has 2 heterocycles. The minimum atomic E-state index is -0.888. The summed E-state index contributed by atoms with van der Waals surface area (Å²) < 4.78 is 18.2. The van der Waals surface area contributed by atoms with Crippen LogP contribution in [0.3, 0.4) is 0 Å². The SMILES string of the molecule is CCC[C@H](NC(=O)C(N)CC(=O)N1CCOCC1)B1O[C@@H]2C[C@@H]3C[C@@H](C3(C)C)[C@]2(C)O1. The number of nitrogens with one attached hydrogen (secondary N) is 1. The maximum absolute atomic E-state index is 12.8. The van der Waals surface area contributed by atoms with E-state index < -0.39 is 13.2 Å². The molecule has 5 aliphatic rings. The first-order valence-corrected chi connectivity index (χ1v) is 11.9. The molecule has 5 fully saturated rings. The van der Waals surface area contributed by atoms with Crippen molar-refractivity contribution in [1.82, 2.24) is 10.2 Å². The maximum Gasteiger partial charge on any atom is 0.481 e. The van der Waals surface area contributed by atoms with Crippen molar-refractivity contribution in [2.45, 2.75) is 83.5 Å². The number of rotatable bonds is 7. The van der Waals surface area contributed by atoms with Gasteiger partial charge in [0.05, 0.1) is 43.3 Å². The fourth-order valence-corrected chi connectivity index (χ4v) is 6.17. The number of morpholine rings is 1. The summed E-state index contributed by atoms with van der Waals surface area (Å²) in [5, 5.41) is 3.03. The average molecular weight is 435 g/mol. The van der Waals surface area contributed by atoms with Crippen LogP contribution in [0.25, 0.3) is 0 Å². The van der Waals surface area contributed by atoms with Gasteiger partial charge in [-0.2, -0.15) is 0 Å². The first-order valence-electron chi connectivity index (χ1n) is 11.9. The van der Waals surface area contributed by atoms with E-state index >= 15 is 0 Å². The van der Waals surface area contributed by atoms with Gasteiger partial charge in [0.15, 0.2) is 0 Å². The fourth-order valence-electron chi connectivity index (χ4n) is 6.17. The zero-order valence-electron chi connectivity index (χ0n) is 19.4. The Morgan fingerprint density at radius 3 is 2.58 bits per heavy atom. The van der Waals surface area contributed by atoms with Crippen LogP contribution in [0.5, 0.6) is 0 Å². The van der Waals surface area contributed by atoms with Gasteiger partial charge < -0.3 is 30.0 Å². The highest BCUT2D eigenvalue weighted by Crippen LogP contribution is 2.65. The van der Waals surface area contributed by atoms with Gasteiger partial charge in [-0.3, -0.25) is 9.59 Å². The zero-order valence-corrected chi connectivity index (χ0v) is 19.4. The highest BCUT2D eigenvalue weighted by Gasteiger charge is 2.68. The van der Waals surface area contributed by atoms with Crippen LogP contribution in [0.4, 0.5) is 0 Å². The van der Waals surface area contributed by atoms with Gasteiger partial charge in [0, 0.05) is 13.1 Å². The molecule has 2 aliphatic heterocycles. The molecule has 3 saturated carbocycles. The highest BCUT2D eigenvalue weighted by molar-refractivity contribution is 6.47. The fraction of sp³-hybridized carbons (Fsp3) is 0.909. The number of carbonyl (C=O) groups excluding carboxylic acids is 2. The molecule has 3 N–H and O–H groups in total. The van der Waals surface area contributed by atoms with Gasteiger partial charge in [0.1, 0.15) is 0 Å². The van der Waals surface area contributed by atoms with Gasteiger partial charge in [-0.25, -0.2) is 0 Å². The van der Waals surface area contributed by atoms with E-state index in [1.165, 1.54) is 6.42 Å². The Hall–Kier alpha value is -1.16. The van der Waals surface area contributed by atoms with Crippen LogP contribution in [0.1, 0.15) is 59.8 Å². The average Bonchev–Trinajstić information content (AvgIpc) is 3.10. The summed E-state index contributed by atoms with van der Waals surface area (Å²) in [6.45, 7) is 11.1. The third-order valence-electron chi connectivity index (χ3n) is 8.32. The standard InChI is InChI=1S/C22H38BN3O5/c1-5-6-18(25-20(28)15(24)13-19(27)26-7-9-29-10-8-26)23-30-17-12-14-11-16(21(14,2)3)22(17,4)31-23/h14-18H,5-13,24H2,1-4H3,(H,25,28)/t14-,15?,16-,17+,18-,22-/m0/s1. The van der Waals surface area contributed by atoms with Crippen molar-refractivity contribution >= 4 is 18.9 Å². The van der Waals surface area contributed by atoms with Gasteiger partial charge in [0.25, 0.3) is 0 Å². The van der Waals surface area contributed by atoms with E-state index in [1.807, 2.05) is 0 Å². The van der Waals surface area contributed by atoms with E-state index in [9.17, 15) is 9.59 Å². The Balaban J connectivity index is 1.36. The van der Waals surface area contributed by atoms with E-state index in [2.05, 4.69) is 33.0 Å². The summed E-state index contributed by atoms with van der Waals surface area (Å²) in [4.78, 5) is 27.0. The molecule has 0 radical (unpaired) electrons. The van der Waals surface area contributed by atoms with Crippen LogP contribution in [0.15, 0.2) is 0 Å². The quantitative estimate of drug-likeness (QED) is 0.581. The Labute approximate surface area is 186 Å². The summed E-state index contributed by atoms with van der Waals surface area (Å²) in [7, 11) is -0.476. The minimum absolute atomic E-state index is 0.00462. The van der Waals surface area contributed by atoms with Crippen molar-refractivity contribution in [2.24, 2.45) is 23.0 Å². The Bertz CT molecular complexity index is 701. The van der Waals surface area contributed by atoms with Crippen molar-refractivity contribution in [3.63, 3.8) is 0 Å². The molecule has 3 aliphatic carbocycles. The molecule has 31 heavy (non-hydrogen) atoms. The number of hydrogen-bond donors (Lipinski definition) is 2. The molecule has 8 nitrogen and oxygen atoms in total. The van der Waals surface area contributed by atoms with Gasteiger partial charge in [0.2, 0.25) is 11.8 Å². The van der Waals surface area contributed by atoms with Crippen molar-refractivity contribution in [2.75, 3.05) is 26.3 Å². The summed E-state index contributed by atoms with van der Waals surface area (Å²) in [6, 6.07) is -0.888. The smallest absolute Gasteiger partial charge is 0.404 e. The van der Waals surface area contributed by atoms with Crippen LogP contribution >= 0.6 is 0 Å². The van der Waals surface area contributed by atoms with Gasteiger partial charge in [-0.1, -0.05) is 27.2 Å². The summed E-state index contributed by atoms with van der Waals surface area (Å²) in [5.74, 6) is 0.450. The van der Waals surface area contributed by atoms with E-state index in [-0.39, 0.29) is 41.3 Å². The van der Waals surface area contributed by atoms with Crippen molar-refractivity contribution in [3.05, 3.63) is 0 Å². The Morgan fingerprint density at radius 2 is 1.94 bits per heavy atom. The molecule has 0 spiro atoms. The number of carbonyl (C=O) groups is 2. The lowest BCUT2D eigenvalue weighted by molar-refractivity contribution is -0.199. The molecule has 5 rings (SSSR count). The lowest BCUT2D eigenvalue weighted by Gasteiger charge is -2.64. The van der Waals surface area contributed by atoms with E-state index in [0.29, 0.717) is 38.1 Å². The normalized spacial score (nSPS) is 35.7. The number of amides is 2. The molecule has 2 saturated heterocycles. The largest absolute Gasteiger partial charge is 0.481 e. The van der Waals surface area contributed by atoms with Crippen molar-refractivity contribution in [1.29, 1.82) is 0 Å². The first-order chi connectivity index (χ1) is 14.7. The third kappa shape index (κ3) is 4.14. The Morgan fingerprint density at radius 1 is 1.23 bits per heavy atom. The topological polar surface area (TPSA) is 103 Å². The highest BCUT2D eigenvalue weighted by atomic mass is 16.7. The number of nitrogens with zero attached hydrogens (tertiary/aromatic N) is 1. The second kappa shape index (κ2) is 8.65. The van der Waals surface area contributed by atoms with E-state index in [1.54, 1.807) is 4.90 Å². The van der Waals surface area contributed by atoms with Crippen LogP contribution in [0, 0.1) is 17.3 Å². The molecule has 2 bridgehead atoms. The van der Waals surface area contributed by atoms with Crippen LogP contribution in [-0.2, 0) is 23.6 Å². The van der Waals surface area contributed by atoms with E-state index in [0.717, 1.165) is 19.3 Å². The zero-order chi connectivity index (χ0) is 22.4. The van der Waals surface area contributed by atoms with Crippen LogP contribution < -0.4 is 11.1 Å². The van der Waals surface area contributed by atoms with Crippen LogP contribution in [0.2, 0.25) is 0 Å². The third-order valence-corrected chi connectivity index (χ3v) is 8.32. The lowest BCUT2D eigenvalue weighted by Crippen LogP contribution is -2.65. The number of ether oxygens (including phenoxy) is 1. The molecule has 0 aromatic carbocycles. The summed E-state index contributed by atoms with van der Waals surface area (Å²) in [5.41, 5.74) is 6.06. The van der Waals surface area contributed by atoms with E-state index in [4.69, 9.17) is 19.8 Å². The molecule has 9 heteroatoms. The predicted molar refractivity (Wildman–Crippen MR) is 117 cm³/mol. The van der Waals surface area contributed by atoms with Crippen molar-refractivity contribution in [3.8, 4) is 0 Å². The molecular weight excluding hydrogens is 397 g/mol. The Kier molecular flexibility index (Phi) is 6.42. The number of hydrogen-bond acceptors (Lipinski definition) is 6. The second-order valence-electron chi connectivity index (χ2n) is 10.5. The van der Waals surface area contributed by atoms with Gasteiger partial charge in [-0.15, -0.1) is 0 Å². The number of nitrogens with two attached hydrogens (primary N) is 1. The molecule has 0 aromatic rings. The molecular formula is C22H38BN3O5. The van der Waals surface area contributed by atoms with Gasteiger partial charge in [-0.05, 0) is 43.4 Å². The molecule has 1 unspecified atom stereocenters. The minimum Gasteiger partial charge on any atom is -0.404 e. The maximum atomic E-state index is 12.8. The predicted octanol–water partition coefficient (Wildman–Crippen LogP) is 1.12.